The number of aliphatic imine (C=N–C) groups is 1. The fourth-order valence-electron chi connectivity index (χ4n) is 3.31. The Morgan fingerprint density at radius 3 is 2.37 bits per heavy atom. The van der Waals surface area contributed by atoms with Crippen molar-refractivity contribution < 1.29 is 9.90 Å². The minimum Gasteiger partial charge on any atom is -0.396 e. The number of piperazine rings is 1. The topological polar surface area (TPSA) is 80.2 Å². The smallest absolute Gasteiger partial charge is 0.219 e. The van der Waals surface area contributed by atoms with Gasteiger partial charge in [-0.3, -0.25) is 14.7 Å². The summed E-state index contributed by atoms with van der Waals surface area (Å²) in [6.07, 6.45) is 1.89. The average Bonchev–Trinajstić information content (AvgIpc) is 2.59. The Hall–Kier alpha value is -0.610. The van der Waals surface area contributed by atoms with Gasteiger partial charge in [0.2, 0.25) is 5.91 Å². The third-order valence-electron chi connectivity index (χ3n) is 4.73. The molecule has 0 radical (unpaired) electrons. The van der Waals surface area contributed by atoms with Crippen molar-refractivity contribution in [3.05, 3.63) is 0 Å². The molecule has 160 valence electrons. The van der Waals surface area contributed by atoms with E-state index in [9.17, 15) is 9.90 Å². The molecule has 0 aliphatic carbocycles. The molecule has 3 N–H and O–H groups in total. The zero-order chi connectivity index (χ0) is 19.4. The predicted molar refractivity (Wildman–Crippen MR) is 123 cm³/mol. The van der Waals surface area contributed by atoms with Gasteiger partial charge in [0.15, 0.2) is 5.96 Å². The number of aliphatic hydroxyl groups excluding tert-OH is 1. The van der Waals surface area contributed by atoms with Gasteiger partial charge < -0.3 is 20.6 Å². The van der Waals surface area contributed by atoms with Crippen LogP contribution in [0.2, 0.25) is 0 Å². The van der Waals surface area contributed by atoms with Gasteiger partial charge >= 0.3 is 0 Å². The van der Waals surface area contributed by atoms with Crippen LogP contribution in [0.3, 0.4) is 0 Å². The summed E-state index contributed by atoms with van der Waals surface area (Å²) in [6.45, 7) is 15.2. The molecule has 1 rings (SSSR count). The van der Waals surface area contributed by atoms with Crippen LogP contribution in [0.5, 0.6) is 0 Å². The van der Waals surface area contributed by atoms with E-state index in [0.29, 0.717) is 11.8 Å². The van der Waals surface area contributed by atoms with Crippen molar-refractivity contribution in [2.45, 2.75) is 40.5 Å². The van der Waals surface area contributed by atoms with E-state index in [4.69, 9.17) is 4.99 Å². The van der Waals surface area contributed by atoms with Crippen molar-refractivity contribution in [3.63, 3.8) is 0 Å². The maximum atomic E-state index is 11.4. The van der Waals surface area contributed by atoms with Crippen molar-refractivity contribution in [1.29, 1.82) is 0 Å². The maximum Gasteiger partial charge on any atom is 0.219 e. The van der Waals surface area contributed by atoms with Crippen LogP contribution in [0.4, 0.5) is 0 Å². The molecule has 1 aliphatic heterocycles. The summed E-state index contributed by atoms with van der Waals surface area (Å²) in [5.41, 5.74) is 0. The minimum atomic E-state index is 0. The molecule has 1 aliphatic rings. The first-order chi connectivity index (χ1) is 12.5. The van der Waals surface area contributed by atoms with Crippen molar-refractivity contribution >= 4 is 35.8 Å². The Morgan fingerprint density at radius 2 is 1.85 bits per heavy atom. The Balaban J connectivity index is 0.00000676. The van der Waals surface area contributed by atoms with E-state index in [1.807, 2.05) is 4.90 Å². The second kappa shape index (κ2) is 15.3. The zero-order valence-electron chi connectivity index (χ0n) is 17.5. The molecule has 1 amide bonds. The first-order valence-corrected chi connectivity index (χ1v) is 10.1. The van der Waals surface area contributed by atoms with E-state index in [-0.39, 0.29) is 36.5 Å². The second-order valence-corrected chi connectivity index (χ2v) is 7.50. The lowest BCUT2D eigenvalue weighted by molar-refractivity contribution is -0.130. The molecular formula is C19H40IN5O2. The fourth-order valence-corrected chi connectivity index (χ4v) is 3.31. The van der Waals surface area contributed by atoms with Crippen molar-refractivity contribution in [2.75, 3.05) is 59.0 Å². The molecule has 0 aromatic rings. The number of hydrogen-bond acceptors (Lipinski definition) is 4. The quantitative estimate of drug-likeness (QED) is 0.242. The van der Waals surface area contributed by atoms with Crippen LogP contribution >= 0.6 is 24.0 Å². The number of hydrogen-bond donors (Lipinski definition) is 3. The normalized spacial score (nSPS) is 16.8. The number of halogens is 1. The van der Waals surface area contributed by atoms with Crippen LogP contribution in [0, 0.1) is 11.8 Å². The molecule has 8 heteroatoms. The van der Waals surface area contributed by atoms with Crippen molar-refractivity contribution in [1.82, 2.24) is 20.4 Å². The summed E-state index contributed by atoms with van der Waals surface area (Å²) in [6, 6.07) is 0. The number of nitrogens with one attached hydrogen (secondary N) is 2. The van der Waals surface area contributed by atoms with Crippen molar-refractivity contribution in [2.24, 2.45) is 16.8 Å². The van der Waals surface area contributed by atoms with Crippen LogP contribution in [-0.2, 0) is 4.79 Å². The van der Waals surface area contributed by atoms with Crippen LogP contribution in [-0.4, -0.2) is 85.7 Å². The molecule has 1 atom stereocenters. The first kappa shape index (κ1) is 26.4. The number of carbonyl (C=O) groups is 1. The standard InChI is InChI=1S/C19H39N5O2.HI/c1-5-20-19(22-15-18(6-13-25)14-16(2)3)21-7-8-23-9-11-24(12-10-23)17(4)26;/h16,18,25H,5-15H2,1-4H3,(H2,20,21,22);1H. The molecule has 1 saturated heterocycles. The lowest BCUT2D eigenvalue weighted by atomic mass is 9.94. The van der Waals surface area contributed by atoms with Gasteiger partial charge in [0.1, 0.15) is 0 Å². The molecule has 1 unspecified atom stereocenters. The molecular weight excluding hydrogens is 457 g/mol. The molecule has 27 heavy (non-hydrogen) atoms. The number of nitrogens with zero attached hydrogens (tertiary/aromatic N) is 3. The highest BCUT2D eigenvalue weighted by atomic mass is 127. The Kier molecular flexibility index (Phi) is 15.0. The van der Waals surface area contributed by atoms with E-state index >= 15 is 0 Å². The number of guanidine groups is 1. The van der Waals surface area contributed by atoms with Gasteiger partial charge in [-0.1, -0.05) is 13.8 Å². The molecule has 0 bridgehead atoms. The lowest BCUT2D eigenvalue weighted by Gasteiger charge is -2.34. The van der Waals surface area contributed by atoms with Gasteiger partial charge in [0.25, 0.3) is 0 Å². The van der Waals surface area contributed by atoms with E-state index < -0.39 is 0 Å². The summed E-state index contributed by atoms with van der Waals surface area (Å²) < 4.78 is 0. The second-order valence-electron chi connectivity index (χ2n) is 7.50. The van der Waals surface area contributed by atoms with Crippen molar-refractivity contribution in [3.8, 4) is 0 Å². The predicted octanol–water partition coefficient (Wildman–Crippen LogP) is 1.37. The SMILES string of the molecule is CCNC(=NCC(CCO)CC(C)C)NCCN1CCN(C(C)=O)CC1.I. The highest BCUT2D eigenvalue weighted by Crippen LogP contribution is 2.15. The largest absolute Gasteiger partial charge is 0.396 e. The van der Waals surface area contributed by atoms with E-state index in [2.05, 4.69) is 36.3 Å². The molecule has 1 fully saturated rings. The van der Waals surface area contributed by atoms with Gasteiger partial charge in [0.05, 0.1) is 0 Å². The number of aliphatic hydroxyl groups is 1. The first-order valence-electron chi connectivity index (χ1n) is 10.1. The lowest BCUT2D eigenvalue weighted by Crippen LogP contribution is -2.50. The molecule has 0 aromatic heterocycles. The molecule has 7 nitrogen and oxygen atoms in total. The van der Waals surface area contributed by atoms with Crippen LogP contribution in [0.15, 0.2) is 4.99 Å². The maximum absolute atomic E-state index is 11.4. The molecule has 0 aromatic carbocycles. The molecule has 0 spiro atoms. The van der Waals surface area contributed by atoms with E-state index in [1.54, 1.807) is 6.92 Å². The number of rotatable bonds is 10. The Bertz CT molecular complexity index is 426. The summed E-state index contributed by atoms with van der Waals surface area (Å²) in [5.74, 6) is 2.06. The number of carbonyl (C=O) groups excluding carboxylic acids is 1. The average molecular weight is 497 g/mol. The highest BCUT2D eigenvalue weighted by molar-refractivity contribution is 14.0. The number of amides is 1. The fraction of sp³-hybridized carbons (Fsp3) is 0.895. The zero-order valence-corrected chi connectivity index (χ0v) is 19.9. The van der Waals surface area contributed by atoms with E-state index in [1.165, 1.54) is 0 Å². The van der Waals surface area contributed by atoms with Crippen LogP contribution < -0.4 is 10.6 Å². The Morgan fingerprint density at radius 1 is 1.19 bits per heavy atom. The summed E-state index contributed by atoms with van der Waals surface area (Å²) in [7, 11) is 0. The van der Waals surface area contributed by atoms with Gasteiger partial charge in [-0.25, -0.2) is 0 Å². The summed E-state index contributed by atoms with van der Waals surface area (Å²) in [5, 5.41) is 16.0. The van der Waals surface area contributed by atoms with Gasteiger partial charge in [0, 0.05) is 65.9 Å². The van der Waals surface area contributed by atoms with Crippen LogP contribution in [0.25, 0.3) is 0 Å². The summed E-state index contributed by atoms with van der Waals surface area (Å²) >= 11 is 0. The van der Waals surface area contributed by atoms with Gasteiger partial charge in [-0.05, 0) is 31.6 Å². The van der Waals surface area contributed by atoms with E-state index in [0.717, 1.165) is 71.2 Å². The third kappa shape index (κ3) is 11.7. The Labute approximate surface area is 182 Å². The summed E-state index contributed by atoms with van der Waals surface area (Å²) in [4.78, 5) is 20.4. The molecule has 1 heterocycles. The van der Waals surface area contributed by atoms with Crippen LogP contribution in [0.1, 0.15) is 40.5 Å². The minimum absolute atomic E-state index is 0. The molecule has 0 saturated carbocycles. The monoisotopic (exact) mass is 497 g/mol. The van der Waals surface area contributed by atoms with Gasteiger partial charge in [-0.2, -0.15) is 0 Å². The van der Waals surface area contributed by atoms with Gasteiger partial charge in [-0.15, -0.1) is 24.0 Å². The third-order valence-corrected chi connectivity index (χ3v) is 4.73. The highest BCUT2D eigenvalue weighted by Gasteiger charge is 2.18.